The van der Waals surface area contributed by atoms with Gasteiger partial charge in [-0.2, -0.15) is 0 Å². The van der Waals surface area contributed by atoms with Crippen molar-refractivity contribution in [3.8, 4) is 0 Å². The molecule has 1 heterocycles. The quantitative estimate of drug-likeness (QED) is 0.617. The van der Waals surface area contributed by atoms with Gasteiger partial charge in [0, 0.05) is 17.4 Å². The molecule has 0 saturated heterocycles. The molecule has 4 heteroatoms. The normalized spacial score (nSPS) is 18.0. The number of hydrogen-bond acceptors (Lipinski definition) is 3. The molecule has 3 aromatic carbocycles. The van der Waals surface area contributed by atoms with Gasteiger partial charge in [-0.05, 0) is 52.9 Å². The van der Waals surface area contributed by atoms with E-state index in [0.29, 0.717) is 10.7 Å². The van der Waals surface area contributed by atoms with Gasteiger partial charge in [-0.1, -0.05) is 55.1 Å². The summed E-state index contributed by atoms with van der Waals surface area (Å²) in [5, 5.41) is 2.36. The van der Waals surface area contributed by atoms with Crippen molar-refractivity contribution in [1.82, 2.24) is 0 Å². The topological polar surface area (TPSA) is 43.4 Å². The lowest BCUT2D eigenvalue weighted by molar-refractivity contribution is 0.171. The second-order valence-corrected chi connectivity index (χ2v) is 9.64. The van der Waals surface area contributed by atoms with Crippen molar-refractivity contribution in [1.29, 1.82) is 0 Å². The van der Waals surface area contributed by atoms with Crippen LogP contribution in [0, 0.1) is 0 Å². The molecule has 0 aromatic heterocycles. The van der Waals surface area contributed by atoms with Gasteiger partial charge in [0.25, 0.3) is 0 Å². The van der Waals surface area contributed by atoms with E-state index >= 15 is 0 Å². The fourth-order valence-corrected chi connectivity index (χ4v) is 4.73. The Hall–Kier alpha value is -2.85. The van der Waals surface area contributed by atoms with Crippen molar-refractivity contribution in [2.45, 2.75) is 23.3 Å². The van der Waals surface area contributed by atoms with Crippen LogP contribution < -0.4 is 0 Å². The Morgan fingerprint density at radius 3 is 2.18 bits per heavy atom. The molecule has 1 aliphatic carbocycles. The fourth-order valence-electron chi connectivity index (χ4n) is 4.10. The van der Waals surface area contributed by atoms with E-state index in [-0.39, 0.29) is 5.60 Å². The first-order valence-corrected chi connectivity index (χ1v) is 11.2. The smallest absolute Gasteiger partial charge is 0.175 e. The third-order valence-electron chi connectivity index (χ3n) is 5.62. The van der Waals surface area contributed by atoms with Crippen molar-refractivity contribution in [3.63, 3.8) is 0 Å². The summed E-state index contributed by atoms with van der Waals surface area (Å²) in [5.74, 6) is 0.690. The molecule has 0 unspecified atom stereocenters. The Labute approximate surface area is 164 Å². The first-order valence-electron chi connectivity index (χ1n) is 9.30. The molecule has 2 aliphatic rings. The van der Waals surface area contributed by atoms with Crippen LogP contribution in [-0.2, 0) is 14.6 Å². The highest BCUT2D eigenvalue weighted by molar-refractivity contribution is 7.90. The average molecular weight is 388 g/mol. The van der Waals surface area contributed by atoms with E-state index in [9.17, 15) is 8.42 Å². The fraction of sp³-hybridized carbons (Fsp3) is 0.167. The molecule has 0 N–H and O–H groups in total. The van der Waals surface area contributed by atoms with E-state index in [1.807, 2.05) is 24.3 Å². The summed E-state index contributed by atoms with van der Waals surface area (Å²) in [6, 6.07) is 21.8. The summed E-state index contributed by atoms with van der Waals surface area (Å²) >= 11 is 0. The predicted molar refractivity (Wildman–Crippen MR) is 113 cm³/mol. The van der Waals surface area contributed by atoms with Gasteiger partial charge in [0.05, 0.1) is 4.90 Å². The van der Waals surface area contributed by atoms with Gasteiger partial charge in [-0.15, -0.1) is 0 Å². The van der Waals surface area contributed by atoms with E-state index in [1.165, 1.54) is 17.0 Å². The lowest BCUT2D eigenvalue weighted by Crippen LogP contribution is -2.09. The van der Waals surface area contributed by atoms with Gasteiger partial charge in [0.1, 0.15) is 11.4 Å². The highest BCUT2D eigenvalue weighted by atomic mass is 32.2. The van der Waals surface area contributed by atoms with Gasteiger partial charge >= 0.3 is 0 Å². The molecule has 0 atom stereocenters. The molecule has 0 amide bonds. The zero-order chi connectivity index (χ0) is 19.5. The third-order valence-corrected chi connectivity index (χ3v) is 6.74. The first kappa shape index (κ1) is 17.3. The minimum Gasteiger partial charge on any atom is -0.482 e. The monoisotopic (exact) mass is 388 g/mol. The minimum atomic E-state index is -3.22. The van der Waals surface area contributed by atoms with Crippen LogP contribution in [0.3, 0.4) is 0 Å². The average Bonchev–Trinajstić information content (AvgIpc) is 3.37. The number of allylic oxidation sites excluding steroid dienone is 1. The van der Waals surface area contributed by atoms with Crippen LogP contribution in [0.1, 0.15) is 24.0 Å². The number of rotatable bonds is 3. The molecule has 5 rings (SSSR count). The van der Waals surface area contributed by atoms with Crippen molar-refractivity contribution < 1.29 is 13.2 Å². The Kier molecular flexibility index (Phi) is 3.59. The summed E-state index contributed by atoms with van der Waals surface area (Å²) in [6.07, 6.45) is 3.13. The zero-order valence-corrected chi connectivity index (χ0v) is 16.4. The van der Waals surface area contributed by atoms with Gasteiger partial charge in [-0.25, -0.2) is 8.42 Å². The van der Waals surface area contributed by atoms with E-state index in [4.69, 9.17) is 4.74 Å². The lowest BCUT2D eigenvalue weighted by atomic mass is 9.90. The number of hydrogen-bond donors (Lipinski definition) is 0. The van der Waals surface area contributed by atoms with Crippen LogP contribution in [0.25, 0.3) is 21.9 Å². The van der Waals surface area contributed by atoms with E-state index < -0.39 is 9.84 Å². The maximum absolute atomic E-state index is 11.8. The van der Waals surface area contributed by atoms with Gasteiger partial charge < -0.3 is 4.74 Å². The maximum Gasteiger partial charge on any atom is 0.175 e. The second kappa shape index (κ2) is 5.82. The van der Waals surface area contributed by atoms with E-state index in [2.05, 4.69) is 36.9 Å². The predicted octanol–water partition coefficient (Wildman–Crippen LogP) is 5.23. The SMILES string of the molecule is C=C1OC2(CC2)C(c2ccc(S(C)(=O)=O)cc2)=C1c1ccc2ccccc2c1. The molecule has 1 saturated carbocycles. The third kappa shape index (κ3) is 2.68. The minimum absolute atomic E-state index is 0.315. The van der Waals surface area contributed by atoms with Crippen LogP contribution in [-0.4, -0.2) is 20.3 Å². The summed E-state index contributed by atoms with van der Waals surface area (Å²) in [7, 11) is -3.22. The summed E-state index contributed by atoms with van der Waals surface area (Å²) in [6.45, 7) is 4.18. The Morgan fingerprint density at radius 1 is 0.893 bits per heavy atom. The molecule has 3 aromatic rings. The highest BCUT2D eigenvalue weighted by Gasteiger charge is 2.55. The number of ether oxygens (including phenoxy) is 1. The Balaban J connectivity index is 1.71. The van der Waals surface area contributed by atoms with E-state index in [0.717, 1.165) is 35.1 Å². The van der Waals surface area contributed by atoms with Crippen LogP contribution >= 0.6 is 0 Å². The largest absolute Gasteiger partial charge is 0.482 e. The molecular formula is C24H20O3S. The summed E-state index contributed by atoms with van der Waals surface area (Å²) in [5.41, 5.74) is 3.90. The Bertz CT molecular complexity index is 1260. The van der Waals surface area contributed by atoms with Crippen LogP contribution in [0.2, 0.25) is 0 Å². The number of fused-ring (bicyclic) bond motifs is 1. The van der Waals surface area contributed by atoms with Gasteiger partial charge in [-0.3, -0.25) is 0 Å². The van der Waals surface area contributed by atoms with Crippen LogP contribution in [0.5, 0.6) is 0 Å². The van der Waals surface area contributed by atoms with E-state index in [1.54, 1.807) is 12.1 Å². The highest BCUT2D eigenvalue weighted by Crippen LogP contribution is 2.60. The Morgan fingerprint density at radius 2 is 1.54 bits per heavy atom. The lowest BCUT2D eigenvalue weighted by Gasteiger charge is -2.14. The van der Waals surface area contributed by atoms with Gasteiger partial charge in [0.2, 0.25) is 0 Å². The molecule has 140 valence electrons. The molecule has 1 spiro atoms. The molecule has 0 radical (unpaired) electrons. The number of sulfone groups is 1. The zero-order valence-electron chi connectivity index (χ0n) is 15.6. The molecule has 1 fully saturated rings. The molecular weight excluding hydrogens is 368 g/mol. The summed E-state index contributed by atoms with van der Waals surface area (Å²) < 4.78 is 29.9. The molecule has 3 nitrogen and oxygen atoms in total. The molecule has 0 bridgehead atoms. The van der Waals surface area contributed by atoms with Crippen molar-refractivity contribution in [3.05, 3.63) is 90.2 Å². The summed E-state index contributed by atoms with van der Waals surface area (Å²) in [4.78, 5) is 0.326. The van der Waals surface area contributed by atoms with Crippen molar-refractivity contribution in [2.75, 3.05) is 6.26 Å². The van der Waals surface area contributed by atoms with Gasteiger partial charge in [0.15, 0.2) is 9.84 Å². The van der Waals surface area contributed by atoms with Crippen LogP contribution in [0.4, 0.5) is 0 Å². The van der Waals surface area contributed by atoms with Crippen molar-refractivity contribution >= 4 is 31.8 Å². The number of benzene rings is 3. The molecule has 28 heavy (non-hydrogen) atoms. The molecule has 1 aliphatic heterocycles. The second-order valence-electron chi connectivity index (χ2n) is 7.63. The maximum atomic E-state index is 11.8. The van der Waals surface area contributed by atoms with Crippen LogP contribution in [0.15, 0.2) is 84.0 Å². The standard InChI is InChI=1S/C24H20O3S/c1-16-22(20-8-7-17-5-3-4-6-19(17)15-20)23(24(27-16)13-14-24)18-9-11-21(12-10-18)28(2,25)26/h3-12,15H,1,13-14H2,2H3. The first-order chi connectivity index (χ1) is 13.4. The van der Waals surface area contributed by atoms with Crippen molar-refractivity contribution in [2.24, 2.45) is 0 Å².